The van der Waals surface area contributed by atoms with Crippen LogP contribution in [0.15, 0.2) is 12.1 Å². The number of fused-ring (bicyclic) bond motifs is 1. The first-order chi connectivity index (χ1) is 8.63. The average Bonchev–Trinajstić information content (AvgIpc) is 2.67. The summed E-state index contributed by atoms with van der Waals surface area (Å²) in [4.78, 5) is 18.1. The molecule has 0 saturated carbocycles. The van der Waals surface area contributed by atoms with Gasteiger partial charge in [0.1, 0.15) is 4.83 Å². The summed E-state index contributed by atoms with van der Waals surface area (Å²) in [7, 11) is 0. The molecule has 1 fully saturated rings. The highest BCUT2D eigenvalue weighted by atomic mass is 32.1. The van der Waals surface area contributed by atoms with E-state index in [-0.39, 0.29) is 19.4 Å². The summed E-state index contributed by atoms with van der Waals surface area (Å²) in [5.74, 6) is -0.0247. The Morgan fingerprint density at radius 1 is 1.42 bits per heavy atom. The molecule has 3 rings (SSSR count). The summed E-state index contributed by atoms with van der Waals surface area (Å²) >= 11 is 1.45. The van der Waals surface area contributed by atoms with E-state index >= 15 is 0 Å². The van der Waals surface area contributed by atoms with Crippen molar-refractivity contribution in [3.05, 3.63) is 28.3 Å². The Kier molecular flexibility index (Phi) is 3.87. The number of nitrogens with one attached hydrogen (secondary N) is 1. The second-order valence-corrected chi connectivity index (χ2v) is 5.65. The van der Waals surface area contributed by atoms with Gasteiger partial charge >= 0.3 is 0 Å². The first kappa shape index (κ1) is 14.0. The number of pyridine rings is 1. The zero-order valence-electron chi connectivity index (χ0n) is 10.3. The number of carbonyl (C=O) groups excluding carboxylic acids is 1. The number of ether oxygens (including phenoxy) is 1. The summed E-state index contributed by atoms with van der Waals surface area (Å²) in [6.07, 6.45) is 0. The normalized spacial score (nSPS) is 14.8. The molecule has 0 radical (unpaired) electrons. The quantitative estimate of drug-likeness (QED) is 0.919. The zero-order chi connectivity index (χ0) is 12.7. The highest BCUT2D eigenvalue weighted by Crippen LogP contribution is 2.27. The molecule has 1 N–H and O–H groups in total. The largest absolute Gasteiger partial charge is 0.377 e. The van der Waals surface area contributed by atoms with Crippen molar-refractivity contribution in [1.82, 2.24) is 10.3 Å². The van der Waals surface area contributed by atoms with Crippen LogP contribution in [0.3, 0.4) is 0 Å². The Balaban J connectivity index is 0.00000133. The predicted octanol–water partition coefficient (Wildman–Crippen LogP) is 2.68. The van der Waals surface area contributed by atoms with Gasteiger partial charge in [-0.15, -0.1) is 11.3 Å². The van der Waals surface area contributed by atoms with E-state index in [4.69, 9.17) is 4.74 Å². The standard InChI is InChI=1S/C13H14N2O2S.CH4/c1-7-3-8(2)14-13-10(7)4-11(18-13)12(16)15-9-5-17-6-9;/h3-4,9H,5-6H2,1-2H3,(H,15,16);1H4. The average molecular weight is 278 g/mol. The van der Waals surface area contributed by atoms with Crippen LogP contribution in [0.25, 0.3) is 10.2 Å². The molecule has 2 aromatic rings. The van der Waals surface area contributed by atoms with Gasteiger partial charge in [-0.1, -0.05) is 7.43 Å². The molecule has 0 unspecified atom stereocenters. The topological polar surface area (TPSA) is 51.2 Å². The summed E-state index contributed by atoms with van der Waals surface area (Å²) in [5, 5.41) is 4.02. The maximum absolute atomic E-state index is 12.0. The van der Waals surface area contributed by atoms with Crippen LogP contribution >= 0.6 is 11.3 Å². The molecule has 5 heteroatoms. The lowest BCUT2D eigenvalue weighted by Crippen LogP contribution is -2.48. The molecule has 1 aliphatic rings. The van der Waals surface area contributed by atoms with Crippen molar-refractivity contribution in [2.24, 2.45) is 0 Å². The molecule has 4 nitrogen and oxygen atoms in total. The fraction of sp³-hybridized carbons (Fsp3) is 0.429. The lowest BCUT2D eigenvalue weighted by Gasteiger charge is -2.26. The molecule has 19 heavy (non-hydrogen) atoms. The third-order valence-corrected chi connectivity index (χ3v) is 4.07. The molecule has 0 aliphatic carbocycles. The van der Waals surface area contributed by atoms with Crippen LogP contribution in [0.5, 0.6) is 0 Å². The Morgan fingerprint density at radius 3 is 2.79 bits per heavy atom. The van der Waals surface area contributed by atoms with E-state index in [0.29, 0.717) is 13.2 Å². The van der Waals surface area contributed by atoms with Crippen molar-refractivity contribution in [3.8, 4) is 0 Å². The van der Waals surface area contributed by atoms with E-state index in [2.05, 4.69) is 10.3 Å². The fourth-order valence-electron chi connectivity index (χ4n) is 2.02. The van der Waals surface area contributed by atoms with Gasteiger partial charge in [-0.25, -0.2) is 4.98 Å². The highest BCUT2D eigenvalue weighted by Gasteiger charge is 2.22. The predicted molar refractivity (Wildman–Crippen MR) is 77.9 cm³/mol. The van der Waals surface area contributed by atoms with Crippen LogP contribution < -0.4 is 5.32 Å². The van der Waals surface area contributed by atoms with Crippen LogP contribution in [0.4, 0.5) is 0 Å². The summed E-state index contributed by atoms with van der Waals surface area (Å²) in [6, 6.07) is 4.13. The van der Waals surface area contributed by atoms with E-state index in [9.17, 15) is 4.79 Å². The van der Waals surface area contributed by atoms with Crippen LogP contribution in [-0.4, -0.2) is 30.1 Å². The molecule has 0 aromatic carbocycles. The molecular weight excluding hydrogens is 260 g/mol. The Hall–Kier alpha value is -1.46. The summed E-state index contributed by atoms with van der Waals surface area (Å²) in [5.41, 5.74) is 2.15. The second kappa shape index (κ2) is 5.27. The molecule has 1 amide bonds. The van der Waals surface area contributed by atoms with Crippen molar-refractivity contribution in [2.75, 3.05) is 13.2 Å². The third kappa shape index (κ3) is 2.62. The van der Waals surface area contributed by atoms with Gasteiger partial charge in [0.25, 0.3) is 5.91 Å². The number of nitrogens with zero attached hydrogens (tertiary/aromatic N) is 1. The Labute approximate surface area is 116 Å². The molecule has 0 atom stereocenters. The van der Waals surface area contributed by atoms with Gasteiger partial charge in [0, 0.05) is 11.1 Å². The van der Waals surface area contributed by atoms with E-state index < -0.39 is 0 Å². The number of aromatic nitrogens is 1. The summed E-state index contributed by atoms with van der Waals surface area (Å²) < 4.78 is 5.04. The van der Waals surface area contributed by atoms with Crippen molar-refractivity contribution in [1.29, 1.82) is 0 Å². The van der Waals surface area contributed by atoms with Crippen molar-refractivity contribution >= 4 is 27.5 Å². The van der Waals surface area contributed by atoms with Gasteiger partial charge in [-0.3, -0.25) is 4.79 Å². The maximum atomic E-state index is 12.0. The van der Waals surface area contributed by atoms with E-state index in [1.807, 2.05) is 26.0 Å². The lowest BCUT2D eigenvalue weighted by molar-refractivity contribution is -0.00338. The molecule has 1 saturated heterocycles. The minimum atomic E-state index is -0.0247. The molecule has 102 valence electrons. The second-order valence-electron chi connectivity index (χ2n) is 4.62. The molecule has 2 aromatic heterocycles. The number of aryl methyl sites for hydroxylation is 2. The van der Waals surface area contributed by atoms with Gasteiger partial charge in [-0.2, -0.15) is 0 Å². The van der Waals surface area contributed by atoms with E-state index in [1.54, 1.807) is 0 Å². The molecule has 1 aliphatic heterocycles. The van der Waals surface area contributed by atoms with Crippen molar-refractivity contribution < 1.29 is 9.53 Å². The van der Waals surface area contributed by atoms with Crippen LogP contribution in [0, 0.1) is 13.8 Å². The van der Waals surface area contributed by atoms with Gasteiger partial charge in [0.15, 0.2) is 0 Å². The molecule has 0 bridgehead atoms. The zero-order valence-corrected chi connectivity index (χ0v) is 11.1. The first-order valence-corrected chi connectivity index (χ1v) is 6.71. The molecule has 3 heterocycles. The maximum Gasteiger partial charge on any atom is 0.261 e. The van der Waals surface area contributed by atoms with Crippen LogP contribution in [0.1, 0.15) is 28.4 Å². The number of amides is 1. The number of carbonyl (C=O) groups is 1. The number of thiophene rings is 1. The number of rotatable bonds is 2. The first-order valence-electron chi connectivity index (χ1n) is 5.90. The van der Waals surface area contributed by atoms with Gasteiger partial charge in [0.2, 0.25) is 0 Å². The Bertz CT molecular complexity index is 617. The fourth-order valence-corrected chi connectivity index (χ4v) is 3.07. The minimum Gasteiger partial charge on any atom is -0.377 e. The van der Waals surface area contributed by atoms with Gasteiger partial charge in [-0.05, 0) is 31.5 Å². The molecule has 0 spiro atoms. The Morgan fingerprint density at radius 2 is 2.16 bits per heavy atom. The lowest BCUT2D eigenvalue weighted by atomic mass is 10.2. The van der Waals surface area contributed by atoms with Crippen LogP contribution in [0.2, 0.25) is 0 Å². The van der Waals surface area contributed by atoms with Crippen molar-refractivity contribution in [3.63, 3.8) is 0 Å². The monoisotopic (exact) mass is 278 g/mol. The smallest absolute Gasteiger partial charge is 0.261 e. The van der Waals surface area contributed by atoms with E-state index in [1.165, 1.54) is 16.9 Å². The van der Waals surface area contributed by atoms with Gasteiger partial charge < -0.3 is 10.1 Å². The third-order valence-electron chi connectivity index (χ3n) is 3.04. The number of hydrogen-bond acceptors (Lipinski definition) is 4. The van der Waals surface area contributed by atoms with E-state index in [0.717, 1.165) is 20.8 Å². The highest BCUT2D eigenvalue weighted by molar-refractivity contribution is 7.20. The molecular formula is C14H18N2O2S. The SMILES string of the molecule is C.Cc1cc(C)c2cc(C(=O)NC3COC3)sc2n1. The number of hydrogen-bond donors (Lipinski definition) is 1. The summed E-state index contributed by atoms with van der Waals surface area (Å²) in [6.45, 7) is 5.25. The minimum absolute atomic E-state index is 0. The van der Waals surface area contributed by atoms with Crippen molar-refractivity contribution in [2.45, 2.75) is 27.3 Å². The van der Waals surface area contributed by atoms with Gasteiger partial charge in [0.05, 0.1) is 24.1 Å². The van der Waals surface area contributed by atoms with Crippen LogP contribution in [-0.2, 0) is 4.74 Å².